The van der Waals surface area contributed by atoms with Crippen molar-refractivity contribution in [3.8, 4) is 0 Å². The first-order valence-electron chi connectivity index (χ1n) is 6.20. The lowest BCUT2D eigenvalue weighted by atomic mass is 10.2. The van der Waals surface area contributed by atoms with E-state index in [1.165, 1.54) is 0 Å². The van der Waals surface area contributed by atoms with Crippen molar-refractivity contribution in [1.29, 1.82) is 0 Å². The van der Waals surface area contributed by atoms with E-state index in [1.807, 2.05) is 13.8 Å². The summed E-state index contributed by atoms with van der Waals surface area (Å²) >= 11 is 0. The number of ether oxygens (including phenoxy) is 1. The number of nitrogens with one attached hydrogen (secondary N) is 1. The van der Waals surface area contributed by atoms with Crippen molar-refractivity contribution in [2.24, 2.45) is 0 Å². The summed E-state index contributed by atoms with van der Waals surface area (Å²) in [6.07, 6.45) is 0.771. The average molecular weight is 264 g/mol. The third-order valence-electron chi connectivity index (χ3n) is 3.22. The Kier molecular flexibility index (Phi) is 5.37. The highest BCUT2D eigenvalue weighted by atomic mass is 32.2. The third-order valence-corrected chi connectivity index (χ3v) is 5.50. The van der Waals surface area contributed by atoms with Gasteiger partial charge >= 0.3 is 0 Å². The highest BCUT2D eigenvalue weighted by Crippen LogP contribution is 2.21. The number of sulfonamides is 1. The summed E-state index contributed by atoms with van der Waals surface area (Å²) in [6.45, 7) is 7.10. The molecule has 102 valence electrons. The van der Waals surface area contributed by atoms with Gasteiger partial charge in [-0.25, -0.2) is 8.42 Å². The molecule has 1 aliphatic rings. The molecule has 1 N–H and O–H groups in total. The van der Waals surface area contributed by atoms with Gasteiger partial charge in [0.1, 0.15) is 0 Å². The highest BCUT2D eigenvalue weighted by molar-refractivity contribution is 7.89. The average Bonchev–Trinajstić information content (AvgIpc) is 2.29. The lowest BCUT2D eigenvalue weighted by molar-refractivity contribution is -0.0233. The van der Waals surface area contributed by atoms with Gasteiger partial charge in [-0.3, -0.25) is 0 Å². The first-order chi connectivity index (χ1) is 7.93. The molecular weight excluding hydrogens is 240 g/mol. The van der Waals surface area contributed by atoms with E-state index in [4.69, 9.17) is 4.74 Å². The maximum absolute atomic E-state index is 12.4. The first kappa shape index (κ1) is 14.9. The van der Waals surface area contributed by atoms with Crippen LogP contribution >= 0.6 is 0 Å². The summed E-state index contributed by atoms with van der Waals surface area (Å²) < 4.78 is 32.0. The molecule has 0 aromatic carbocycles. The molecule has 3 atom stereocenters. The quantitative estimate of drug-likeness (QED) is 0.782. The topological polar surface area (TPSA) is 58.6 Å². The van der Waals surface area contributed by atoms with Crippen LogP contribution in [-0.2, 0) is 14.8 Å². The Morgan fingerprint density at radius 3 is 2.71 bits per heavy atom. The summed E-state index contributed by atoms with van der Waals surface area (Å²) in [5.74, 6) is 0. The Morgan fingerprint density at radius 1 is 1.53 bits per heavy atom. The van der Waals surface area contributed by atoms with E-state index in [1.54, 1.807) is 18.3 Å². The fourth-order valence-corrected chi connectivity index (χ4v) is 3.95. The molecule has 0 saturated carbocycles. The van der Waals surface area contributed by atoms with Crippen molar-refractivity contribution in [2.75, 3.05) is 26.7 Å². The van der Waals surface area contributed by atoms with Crippen molar-refractivity contribution in [1.82, 2.24) is 9.62 Å². The van der Waals surface area contributed by atoms with E-state index in [9.17, 15) is 8.42 Å². The number of hydrogen-bond donors (Lipinski definition) is 1. The van der Waals surface area contributed by atoms with Gasteiger partial charge in [0.25, 0.3) is 0 Å². The normalized spacial score (nSPS) is 29.2. The molecule has 1 aliphatic heterocycles. The minimum Gasteiger partial charge on any atom is -0.375 e. The van der Waals surface area contributed by atoms with E-state index >= 15 is 0 Å². The predicted octanol–water partition coefficient (Wildman–Crippen LogP) is 0.423. The van der Waals surface area contributed by atoms with Gasteiger partial charge in [0.05, 0.1) is 18.0 Å². The Hall–Kier alpha value is -0.170. The summed E-state index contributed by atoms with van der Waals surface area (Å²) in [4.78, 5) is 0. The van der Waals surface area contributed by atoms with Gasteiger partial charge in [-0.15, -0.1) is 0 Å². The van der Waals surface area contributed by atoms with Crippen LogP contribution in [0.2, 0.25) is 0 Å². The van der Waals surface area contributed by atoms with Gasteiger partial charge in [0.15, 0.2) is 0 Å². The Bertz CT molecular complexity index is 332. The maximum atomic E-state index is 12.4. The fraction of sp³-hybridized carbons (Fsp3) is 1.00. The van der Waals surface area contributed by atoms with Crippen LogP contribution < -0.4 is 5.32 Å². The van der Waals surface area contributed by atoms with Crippen molar-refractivity contribution < 1.29 is 13.2 Å². The van der Waals surface area contributed by atoms with Crippen LogP contribution in [0.3, 0.4) is 0 Å². The summed E-state index contributed by atoms with van der Waals surface area (Å²) in [5, 5.41) is 2.52. The van der Waals surface area contributed by atoms with Crippen LogP contribution in [0.15, 0.2) is 0 Å². The lowest BCUT2D eigenvalue weighted by Gasteiger charge is -2.38. The van der Waals surface area contributed by atoms with E-state index in [2.05, 4.69) is 5.32 Å². The SMILES string of the molecule is CCC1COC(C)CN1S(=O)(=O)C(C)CNC. The second kappa shape index (κ2) is 6.13. The molecule has 0 bridgehead atoms. The second-order valence-corrected chi connectivity index (χ2v) is 6.99. The zero-order valence-electron chi connectivity index (χ0n) is 11.1. The second-order valence-electron chi connectivity index (χ2n) is 4.69. The molecule has 0 spiro atoms. The van der Waals surface area contributed by atoms with E-state index in [-0.39, 0.29) is 12.1 Å². The molecule has 0 amide bonds. The fourth-order valence-electron chi connectivity index (χ4n) is 2.07. The summed E-state index contributed by atoms with van der Waals surface area (Å²) in [5.41, 5.74) is 0. The molecule has 1 saturated heterocycles. The highest BCUT2D eigenvalue weighted by Gasteiger charge is 2.37. The van der Waals surface area contributed by atoms with Gasteiger partial charge in [-0.2, -0.15) is 4.31 Å². The molecule has 3 unspecified atom stereocenters. The van der Waals surface area contributed by atoms with E-state index in [0.717, 1.165) is 6.42 Å². The zero-order valence-corrected chi connectivity index (χ0v) is 12.0. The molecule has 0 aromatic heterocycles. The van der Waals surface area contributed by atoms with E-state index in [0.29, 0.717) is 19.7 Å². The number of nitrogens with zero attached hydrogens (tertiary/aromatic N) is 1. The van der Waals surface area contributed by atoms with Crippen molar-refractivity contribution in [3.05, 3.63) is 0 Å². The molecule has 0 aromatic rings. The van der Waals surface area contributed by atoms with Crippen molar-refractivity contribution in [3.63, 3.8) is 0 Å². The molecule has 1 heterocycles. The molecule has 0 radical (unpaired) electrons. The van der Waals surface area contributed by atoms with Crippen LogP contribution in [0, 0.1) is 0 Å². The summed E-state index contributed by atoms with van der Waals surface area (Å²) in [6, 6.07) is -0.0180. The van der Waals surface area contributed by atoms with Crippen LogP contribution in [0.4, 0.5) is 0 Å². The number of hydrogen-bond acceptors (Lipinski definition) is 4. The molecule has 1 rings (SSSR count). The maximum Gasteiger partial charge on any atom is 0.218 e. The number of morpholine rings is 1. The zero-order chi connectivity index (χ0) is 13.1. The molecule has 17 heavy (non-hydrogen) atoms. The third kappa shape index (κ3) is 3.40. The van der Waals surface area contributed by atoms with E-state index < -0.39 is 15.3 Å². The largest absolute Gasteiger partial charge is 0.375 e. The Balaban J connectivity index is 2.86. The van der Waals surface area contributed by atoms with Gasteiger partial charge in [-0.05, 0) is 27.3 Å². The van der Waals surface area contributed by atoms with Gasteiger partial charge in [-0.1, -0.05) is 6.92 Å². The first-order valence-corrected chi connectivity index (χ1v) is 7.70. The predicted molar refractivity (Wildman–Crippen MR) is 68.5 cm³/mol. The number of rotatable bonds is 5. The lowest BCUT2D eigenvalue weighted by Crippen LogP contribution is -2.54. The smallest absolute Gasteiger partial charge is 0.218 e. The van der Waals surface area contributed by atoms with Gasteiger partial charge in [0.2, 0.25) is 10.0 Å². The van der Waals surface area contributed by atoms with Crippen molar-refractivity contribution >= 4 is 10.0 Å². The molecular formula is C11H24N2O3S. The van der Waals surface area contributed by atoms with Crippen LogP contribution in [-0.4, -0.2) is 56.9 Å². The Morgan fingerprint density at radius 2 is 2.18 bits per heavy atom. The van der Waals surface area contributed by atoms with Gasteiger partial charge in [0, 0.05) is 19.1 Å². The monoisotopic (exact) mass is 264 g/mol. The minimum absolute atomic E-state index is 0.0180. The van der Waals surface area contributed by atoms with Crippen molar-refractivity contribution in [2.45, 2.75) is 44.6 Å². The minimum atomic E-state index is -3.23. The Labute approximate surface area is 105 Å². The van der Waals surface area contributed by atoms with Gasteiger partial charge < -0.3 is 10.1 Å². The summed E-state index contributed by atoms with van der Waals surface area (Å²) in [7, 11) is -1.46. The molecule has 6 heteroatoms. The molecule has 1 fully saturated rings. The van der Waals surface area contributed by atoms with Crippen LogP contribution in [0.1, 0.15) is 27.2 Å². The van der Waals surface area contributed by atoms with Crippen LogP contribution in [0.5, 0.6) is 0 Å². The standard InChI is InChI=1S/C11H24N2O3S/c1-5-11-8-16-9(2)7-13(11)17(14,15)10(3)6-12-4/h9-12H,5-8H2,1-4H3. The van der Waals surface area contributed by atoms with Crippen LogP contribution in [0.25, 0.3) is 0 Å². The molecule has 0 aliphatic carbocycles. The molecule has 5 nitrogen and oxygen atoms in total.